The average molecular weight is 617 g/mol. The summed E-state index contributed by atoms with van der Waals surface area (Å²) in [4.78, 5) is 44.7. The summed E-state index contributed by atoms with van der Waals surface area (Å²) in [6, 6.07) is 21.8. The zero-order valence-electron chi connectivity index (χ0n) is 26.7. The van der Waals surface area contributed by atoms with Crippen LogP contribution in [0.2, 0.25) is 0 Å². The Balaban J connectivity index is 0.00000119. The zero-order valence-corrected chi connectivity index (χ0v) is 26.7. The molecule has 8 heteroatoms. The van der Waals surface area contributed by atoms with Crippen LogP contribution in [0.3, 0.4) is 0 Å². The Kier molecular flexibility index (Phi) is 7.36. The molecule has 1 aliphatic carbocycles. The minimum absolute atomic E-state index is 0.0331. The standard InChI is InChI=1S/C37H35N2O4.CO2/c1-36(2)29(38(5)27-15-12-20-9-7-8-10-23(20)31(27)36)18-25-33(40)26(34(25)41)19-30-37(3,4)32-24-14-11-22(35(42)43)17-21(24)13-16-28(32)39(30)6;2-1-3/h7-19,26,29,33H,1-6H3,(H,42,43);/q-1;/p+1. The topological polar surface area (TPSA) is 119 Å². The molecule has 0 amide bonds. The lowest BCUT2D eigenvalue weighted by atomic mass is 9.70. The molecule has 0 saturated heterocycles. The molecule has 0 aromatic heterocycles. The smallest absolute Gasteiger partial charge is 0.373 e. The summed E-state index contributed by atoms with van der Waals surface area (Å²) in [5, 5.41) is 27.4. The van der Waals surface area contributed by atoms with Gasteiger partial charge in [0, 0.05) is 35.3 Å². The van der Waals surface area contributed by atoms with Crippen molar-refractivity contribution in [2.45, 2.75) is 50.7 Å². The number of benzene rings is 4. The third-order valence-electron chi connectivity index (χ3n) is 10.4. The highest BCUT2D eigenvalue weighted by Crippen LogP contribution is 2.51. The van der Waals surface area contributed by atoms with Crippen molar-refractivity contribution in [2.75, 3.05) is 19.0 Å². The largest absolute Gasteiger partial charge is 0.848 e. The molecule has 4 aromatic rings. The fourth-order valence-corrected chi connectivity index (χ4v) is 8.13. The predicted octanol–water partition coefficient (Wildman–Crippen LogP) is 4.08. The fourth-order valence-electron chi connectivity index (χ4n) is 8.13. The van der Waals surface area contributed by atoms with Crippen molar-refractivity contribution in [1.82, 2.24) is 0 Å². The maximum atomic E-state index is 13.7. The Bertz CT molecular complexity index is 2050. The Morgan fingerprint density at radius 3 is 2.26 bits per heavy atom. The summed E-state index contributed by atoms with van der Waals surface area (Å²) in [5.74, 6) is -1.78. The number of anilines is 1. The van der Waals surface area contributed by atoms with Crippen molar-refractivity contribution in [1.29, 1.82) is 0 Å². The molecule has 0 spiro atoms. The van der Waals surface area contributed by atoms with E-state index in [9.17, 15) is 19.8 Å². The number of carboxylic acid groups (broad SMARTS) is 1. The summed E-state index contributed by atoms with van der Waals surface area (Å²) >= 11 is 0. The second-order valence-electron chi connectivity index (χ2n) is 13.5. The van der Waals surface area contributed by atoms with E-state index < -0.39 is 23.4 Å². The molecule has 4 atom stereocenters. The van der Waals surface area contributed by atoms with Gasteiger partial charge < -0.3 is 15.1 Å². The highest BCUT2D eigenvalue weighted by molar-refractivity contribution is 6.07. The number of Topliss-reactive ketones (excluding diaryl/α,β-unsaturated/α-hetero) is 1. The minimum Gasteiger partial charge on any atom is -0.848 e. The van der Waals surface area contributed by atoms with Crippen LogP contribution in [-0.2, 0) is 25.2 Å². The first-order valence-electron chi connectivity index (χ1n) is 15.3. The summed E-state index contributed by atoms with van der Waals surface area (Å²) in [6.45, 7) is 8.64. The average Bonchev–Trinajstić information content (AvgIpc) is 3.35. The Labute approximate surface area is 267 Å². The van der Waals surface area contributed by atoms with Crippen LogP contribution in [0.1, 0.15) is 49.2 Å². The number of rotatable bonds is 3. The number of aromatic carboxylic acids is 1. The van der Waals surface area contributed by atoms with Gasteiger partial charge in [0.05, 0.1) is 18.0 Å². The Morgan fingerprint density at radius 1 is 0.935 bits per heavy atom. The third-order valence-corrected chi connectivity index (χ3v) is 10.4. The number of nitrogens with one attached hydrogen (secondary N) is 1. The molecule has 234 valence electrons. The van der Waals surface area contributed by atoms with Crippen molar-refractivity contribution < 1.29 is 34.3 Å². The van der Waals surface area contributed by atoms with Crippen LogP contribution in [0.25, 0.3) is 21.5 Å². The molecule has 2 N–H and O–H groups in total. The molecule has 1 fully saturated rings. The number of fused-ring (bicyclic) bond motifs is 6. The molecule has 8 nitrogen and oxygen atoms in total. The first-order chi connectivity index (χ1) is 21.7. The van der Waals surface area contributed by atoms with E-state index in [1.54, 1.807) is 12.1 Å². The number of ketones is 1. The van der Waals surface area contributed by atoms with E-state index in [1.807, 2.05) is 37.4 Å². The number of hydrogen-bond acceptors (Lipinski definition) is 6. The lowest BCUT2D eigenvalue weighted by Crippen LogP contribution is -3.07. The molecule has 4 aromatic carbocycles. The van der Waals surface area contributed by atoms with Crippen LogP contribution >= 0.6 is 0 Å². The molecule has 0 radical (unpaired) electrons. The molecular weight excluding hydrogens is 580 g/mol. The number of hydrogen-bond donors (Lipinski definition) is 2. The third kappa shape index (κ3) is 4.44. The van der Waals surface area contributed by atoms with E-state index in [1.165, 1.54) is 26.9 Å². The van der Waals surface area contributed by atoms with Gasteiger partial charge in [-0.2, -0.15) is 9.59 Å². The van der Waals surface area contributed by atoms with Gasteiger partial charge >= 0.3 is 12.1 Å². The Hall–Kier alpha value is -4.88. The number of carboxylic acids is 1. The highest BCUT2D eigenvalue weighted by Gasteiger charge is 2.50. The summed E-state index contributed by atoms with van der Waals surface area (Å²) in [5.41, 5.74) is 5.39. The van der Waals surface area contributed by atoms with E-state index in [-0.39, 0.29) is 29.0 Å². The maximum absolute atomic E-state index is 13.7. The van der Waals surface area contributed by atoms with Crippen molar-refractivity contribution in [2.24, 2.45) is 5.92 Å². The van der Waals surface area contributed by atoms with Gasteiger partial charge in [-0.3, -0.25) is 9.69 Å². The minimum atomic E-state index is -1.12. The van der Waals surface area contributed by atoms with Gasteiger partial charge in [0.2, 0.25) is 0 Å². The summed E-state index contributed by atoms with van der Waals surface area (Å²) < 4.78 is 0. The normalized spacial score (nSPS) is 25.5. The first-order valence-corrected chi connectivity index (χ1v) is 15.3. The Morgan fingerprint density at radius 2 is 1.59 bits per heavy atom. The van der Waals surface area contributed by atoms with Gasteiger partial charge in [0.15, 0.2) is 5.78 Å². The van der Waals surface area contributed by atoms with Crippen molar-refractivity contribution in [3.63, 3.8) is 0 Å². The monoisotopic (exact) mass is 616 g/mol. The number of carbonyl (C=O) groups excluding carboxylic acids is 3. The number of quaternary nitrogens is 1. The molecule has 2 heterocycles. The molecule has 4 unspecified atom stereocenters. The van der Waals surface area contributed by atoms with Gasteiger partial charge in [-0.15, -0.1) is 0 Å². The number of nitrogens with zero attached hydrogens (tertiary/aromatic N) is 1. The van der Waals surface area contributed by atoms with E-state index >= 15 is 0 Å². The summed E-state index contributed by atoms with van der Waals surface area (Å²) in [6.07, 6.45) is 2.98. The van der Waals surface area contributed by atoms with Gasteiger partial charge in [-0.25, -0.2) is 4.79 Å². The molecule has 7 rings (SSSR count). The molecule has 3 aliphatic rings. The second-order valence-corrected chi connectivity index (χ2v) is 13.5. The number of carbonyl (C=O) groups is 2. The van der Waals surface area contributed by atoms with Crippen LogP contribution in [0.4, 0.5) is 11.4 Å². The quantitative estimate of drug-likeness (QED) is 0.333. The van der Waals surface area contributed by atoms with E-state index in [0.29, 0.717) is 5.57 Å². The van der Waals surface area contributed by atoms with E-state index in [0.717, 1.165) is 27.7 Å². The number of likely N-dealkylation sites (N-methyl/N-ethyl adjacent to an activating group) is 2. The zero-order chi connectivity index (χ0) is 33.3. The van der Waals surface area contributed by atoms with Gasteiger partial charge in [-0.1, -0.05) is 62.4 Å². The van der Waals surface area contributed by atoms with E-state index in [4.69, 9.17) is 9.59 Å². The lowest BCUT2D eigenvalue weighted by molar-refractivity contribution is -0.828. The highest BCUT2D eigenvalue weighted by atomic mass is 16.4. The second kappa shape index (κ2) is 10.9. The van der Waals surface area contributed by atoms with Crippen LogP contribution in [0, 0.1) is 5.92 Å². The molecular formula is C38H36N2O6. The predicted molar refractivity (Wildman–Crippen MR) is 173 cm³/mol. The van der Waals surface area contributed by atoms with Crippen LogP contribution in [-0.4, -0.2) is 49.3 Å². The SMILES string of the molecule is CN1C(=CC2C(=O)C(=CC3[NH+](C)c4ccc5ccccc5c4C3(C)C)C2[O-])C(C)(C)c2c1ccc1cc(C(=O)O)ccc21.O=C=O. The van der Waals surface area contributed by atoms with Crippen molar-refractivity contribution >= 4 is 50.8 Å². The van der Waals surface area contributed by atoms with Crippen LogP contribution in [0.5, 0.6) is 0 Å². The lowest BCUT2D eigenvalue weighted by Gasteiger charge is -2.43. The van der Waals surface area contributed by atoms with Crippen LogP contribution < -0.4 is 14.9 Å². The first kappa shape index (κ1) is 31.1. The fraction of sp³-hybridized carbons (Fsp3) is 0.289. The van der Waals surface area contributed by atoms with Gasteiger partial charge in [0.25, 0.3) is 0 Å². The molecule has 1 saturated carbocycles. The van der Waals surface area contributed by atoms with Gasteiger partial charge in [0.1, 0.15) is 11.7 Å². The molecule has 2 aliphatic heterocycles. The van der Waals surface area contributed by atoms with Crippen molar-refractivity contribution in [3.05, 3.63) is 107 Å². The van der Waals surface area contributed by atoms with Gasteiger partial charge in [-0.05, 0) is 82.9 Å². The van der Waals surface area contributed by atoms with Crippen LogP contribution in [0.15, 0.2) is 90.2 Å². The maximum Gasteiger partial charge on any atom is 0.373 e. The van der Waals surface area contributed by atoms with E-state index in [2.05, 4.69) is 76.0 Å². The molecule has 0 bridgehead atoms. The molecule has 46 heavy (non-hydrogen) atoms. The van der Waals surface area contributed by atoms with Crippen molar-refractivity contribution in [3.8, 4) is 0 Å². The summed E-state index contributed by atoms with van der Waals surface area (Å²) in [7, 11) is 4.10. The number of allylic oxidation sites excluding steroid dienone is 1.